The Balaban J connectivity index is 1.82. The number of nitrogens with zero attached hydrogens (tertiary/aromatic N) is 1. The van der Waals surface area contributed by atoms with Crippen LogP contribution >= 0.6 is 23.2 Å². The van der Waals surface area contributed by atoms with Crippen molar-refractivity contribution in [3.63, 3.8) is 0 Å². The van der Waals surface area contributed by atoms with Crippen LogP contribution in [-0.4, -0.2) is 18.7 Å². The molecule has 2 rings (SSSR count). The van der Waals surface area contributed by atoms with E-state index < -0.39 is 0 Å². The van der Waals surface area contributed by atoms with Crippen LogP contribution in [0.1, 0.15) is 11.1 Å². The molecule has 0 fully saturated rings. The van der Waals surface area contributed by atoms with Crippen LogP contribution in [0.5, 0.6) is 5.75 Å². The van der Waals surface area contributed by atoms with Crippen LogP contribution < -0.4 is 10.2 Å². The minimum absolute atomic E-state index is 0.116. The predicted octanol–water partition coefficient (Wildman–Crippen LogP) is 3.83. The third-order valence-electron chi connectivity index (χ3n) is 2.75. The molecule has 1 N–H and O–H groups in total. The number of benzene rings is 2. The van der Waals surface area contributed by atoms with Gasteiger partial charge in [0.25, 0.3) is 5.91 Å². The monoisotopic (exact) mass is 336 g/mol. The fourth-order valence-electron chi connectivity index (χ4n) is 1.60. The number of halogens is 2. The number of carbonyl (C=O) groups excluding carboxylic acids is 1. The number of rotatable bonds is 5. The van der Waals surface area contributed by atoms with Crippen LogP contribution in [0, 0.1) is 6.92 Å². The minimum atomic E-state index is -0.359. The molecular formula is C16H14Cl2N2O2. The standard InChI is InChI=1S/C16H14Cl2N2O2/c1-11-2-6-14(7-3-11)22-10-16(21)20-19-9-12-4-5-13(17)8-15(12)18/h2-9H,10H2,1H3,(H,20,21)/b19-9-. The van der Waals surface area contributed by atoms with Crippen LogP contribution in [0.4, 0.5) is 0 Å². The van der Waals surface area contributed by atoms with Gasteiger partial charge >= 0.3 is 0 Å². The molecule has 0 aliphatic carbocycles. The average molecular weight is 337 g/mol. The third-order valence-corrected chi connectivity index (χ3v) is 3.31. The van der Waals surface area contributed by atoms with Gasteiger partial charge in [0.1, 0.15) is 5.75 Å². The predicted molar refractivity (Wildman–Crippen MR) is 88.9 cm³/mol. The molecule has 0 saturated carbocycles. The zero-order chi connectivity index (χ0) is 15.9. The van der Waals surface area contributed by atoms with Crippen molar-refractivity contribution in [2.24, 2.45) is 5.10 Å². The highest BCUT2D eigenvalue weighted by Crippen LogP contribution is 2.19. The van der Waals surface area contributed by atoms with Crippen LogP contribution in [0.3, 0.4) is 0 Å². The number of hydrogen-bond donors (Lipinski definition) is 1. The molecule has 0 aliphatic heterocycles. The second kappa shape index (κ2) is 7.82. The van der Waals surface area contributed by atoms with E-state index >= 15 is 0 Å². The van der Waals surface area contributed by atoms with Crippen molar-refractivity contribution >= 4 is 35.3 Å². The van der Waals surface area contributed by atoms with E-state index in [-0.39, 0.29) is 12.5 Å². The molecule has 0 heterocycles. The number of aryl methyl sites for hydroxylation is 1. The summed E-state index contributed by atoms with van der Waals surface area (Å²) in [5.41, 5.74) is 4.15. The molecule has 0 bridgehead atoms. The van der Waals surface area contributed by atoms with Crippen LogP contribution in [0.2, 0.25) is 10.0 Å². The van der Waals surface area contributed by atoms with E-state index in [0.717, 1.165) is 5.56 Å². The van der Waals surface area contributed by atoms with Crippen LogP contribution in [0.15, 0.2) is 47.6 Å². The van der Waals surface area contributed by atoms with Crippen molar-refractivity contribution in [2.45, 2.75) is 6.92 Å². The first-order chi connectivity index (χ1) is 10.5. The lowest BCUT2D eigenvalue weighted by molar-refractivity contribution is -0.123. The maximum atomic E-state index is 11.6. The summed E-state index contributed by atoms with van der Waals surface area (Å²) in [6.07, 6.45) is 1.45. The molecule has 114 valence electrons. The number of ether oxygens (including phenoxy) is 1. The molecule has 0 radical (unpaired) electrons. The smallest absolute Gasteiger partial charge is 0.277 e. The molecule has 4 nitrogen and oxygen atoms in total. The lowest BCUT2D eigenvalue weighted by Crippen LogP contribution is -2.24. The number of hydrazone groups is 1. The molecule has 0 saturated heterocycles. The summed E-state index contributed by atoms with van der Waals surface area (Å²) in [5, 5.41) is 4.83. The van der Waals surface area contributed by atoms with Gasteiger partial charge in [-0.15, -0.1) is 0 Å². The molecule has 0 atom stereocenters. The van der Waals surface area contributed by atoms with Crippen molar-refractivity contribution < 1.29 is 9.53 Å². The summed E-state index contributed by atoms with van der Waals surface area (Å²) in [6, 6.07) is 12.4. The van der Waals surface area contributed by atoms with E-state index in [4.69, 9.17) is 27.9 Å². The highest BCUT2D eigenvalue weighted by Gasteiger charge is 2.02. The van der Waals surface area contributed by atoms with Crippen molar-refractivity contribution in [3.05, 3.63) is 63.6 Å². The Kier molecular flexibility index (Phi) is 5.81. The molecule has 0 unspecified atom stereocenters. The Hall–Kier alpha value is -2.04. The Morgan fingerprint density at radius 2 is 1.95 bits per heavy atom. The molecule has 2 aromatic rings. The van der Waals surface area contributed by atoms with Gasteiger partial charge in [-0.2, -0.15) is 5.10 Å². The van der Waals surface area contributed by atoms with E-state index in [1.54, 1.807) is 30.3 Å². The SMILES string of the molecule is Cc1ccc(OCC(=O)N/N=C\c2ccc(Cl)cc2Cl)cc1. The first-order valence-electron chi connectivity index (χ1n) is 6.51. The van der Waals surface area contributed by atoms with Gasteiger partial charge in [0.15, 0.2) is 6.61 Å². The van der Waals surface area contributed by atoms with Gasteiger partial charge in [-0.05, 0) is 31.2 Å². The van der Waals surface area contributed by atoms with Crippen molar-refractivity contribution in [1.29, 1.82) is 0 Å². The molecule has 2 aromatic carbocycles. The topological polar surface area (TPSA) is 50.7 Å². The second-order valence-corrected chi connectivity index (χ2v) is 5.40. The molecule has 22 heavy (non-hydrogen) atoms. The number of nitrogens with one attached hydrogen (secondary N) is 1. The quantitative estimate of drug-likeness (QED) is 0.666. The molecule has 0 aliphatic rings. The highest BCUT2D eigenvalue weighted by atomic mass is 35.5. The molecule has 0 spiro atoms. The maximum absolute atomic E-state index is 11.6. The van der Waals surface area contributed by atoms with Gasteiger partial charge in [0.05, 0.1) is 11.2 Å². The van der Waals surface area contributed by atoms with Gasteiger partial charge in [-0.3, -0.25) is 4.79 Å². The largest absolute Gasteiger partial charge is 0.484 e. The van der Waals surface area contributed by atoms with Crippen molar-refractivity contribution in [2.75, 3.05) is 6.61 Å². The first-order valence-corrected chi connectivity index (χ1v) is 7.26. The molecule has 6 heteroatoms. The summed E-state index contributed by atoms with van der Waals surface area (Å²) in [5.74, 6) is 0.271. The molecule has 0 aromatic heterocycles. The Bertz CT molecular complexity index is 685. The lowest BCUT2D eigenvalue weighted by atomic mass is 10.2. The summed E-state index contributed by atoms with van der Waals surface area (Å²) in [4.78, 5) is 11.6. The van der Waals surface area contributed by atoms with Gasteiger partial charge in [0.2, 0.25) is 0 Å². The number of carbonyl (C=O) groups is 1. The Morgan fingerprint density at radius 3 is 2.64 bits per heavy atom. The lowest BCUT2D eigenvalue weighted by Gasteiger charge is -2.05. The van der Waals surface area contributed by atoms with E-state index in [1.165, 1.54) is 6.21 Å². The van der Waals surface area contributed by atoms with Crippen LogP contribution in [0.25, 0.3) is 0 Å². The summed E-state index contributed by atoms with van der Waals surface area (Å²) in [6.45, 7) is 1.86. The second-order valence-electron chi connectivity index (χ2n) is 4.56. The minimum Gasteiger partial charge on any atom is -0.484 e. The number of hydrogen-bond acceptors (Lipinski definition) is 3. The van der Waals surface area contributed by atoms with Crippen molar-refractivity contribution in [1.82, 2.24) is 5.43 Å². The molecule has 1 amide bonds. The van der Waals surface area contributed by atoms with Gasteiger partial charge < -0.3 is 4.74 Å². The zero-order valence-electron chi connectivity index (χ0n) is 11.8. The summed E-state index contributed by atoms with van der Waals surface area (Å²) < 4.78 is 5.34. The average Bonchev–Trinajstić information content (AvgIpc) is 2.49. The fraction of sp³-hybridized carbons (Fsp3) is 0.125. The van der Waals surface area contributed by atoms with E-state index in [2.05, 4.69) is 10.5 Å². The van der Waals surface area contributed by atoms with E-state index in [0.29, 0.717) is 21.4 Å². The summed E-state index contributed by atoms with van der Waals surface area (Å²) in [7, 11) is 0. The fourth-order valence-corrected chi connectivity index (χ4v) is 2.05. The normalized spacial score (nSPS) is 10.7. The van der Waals surface area contributed by atoms with Crippen LogP contribution in [-0.2, 0) is 4.79 Å². The van der Waals surface area contributed by atoms with Gasteiger partial charge in [-0.25, -0.2) is 5.43 Å². The maximum Gasteiger partial charge on any atom is 0.277 e. The summed E-state index contributed by atoms with van der Waals surface area (Å²) >= 11 is 11.8. The van der Waals surface area contributed by atoms with E-state index in [9.17, 15) is 4.79 Å². The zero-order valence-corrected chi connectivity index (χ0v) is 13.4. The highest BCUT2D eigenvalue weighted by molar-refractivity contribution is 6.36. The molecular weight excluding hydrogens is 323 g/mol. The van der Waals surface area contributed by atoms with Gasteiger partial charge in [0, 0.05) is 10.6 Å². The Morgan fingerprint density at radius 1 is 1.23 bits per heavy atom. The Labute approximate surface area is 138 Å². The van der Waals surface area contributed by atoms with E-state index in [1.807, 2.05) is 19.1 Å². The van der Waals surface area contributed by atoms with Crippen molar-refractivity contribution in [3.8, 4) is 5.75 Å². The number of amides is 1. The van der Waals surface area contributed by atoms with Gasteiger partial charge in [-0.1, -0.05) is 47.0 Å². The third kappa shape index (κ3) is 5.06. The first kappa shape index (κ1) is 16.3.